The van der Waals surface area contributed by atoms with Crippen LogP contribution in [-0.4, -0.2) is 6.79 Å². The highest BCUT2D eigenvalue weighted by molar-refractivity contribution is 7.12. The summed E-state index contributed by atoms with van der Waals surface area (Å²) < 4.78 is 10.6. The molecule has 0 amide bonds. The second-order valence-electron chi connectivity index (χ2n) is 3.80. The van der Waals surface area contributed by atoms with E-state index in [0.29, 0.717) is 6.54 Å². The van der Waals surface area contributed by atoms with Gasteiger partial charge in [0.25, 0.3) is 0 Å². The second-order valence-corrected chi connectivity index (χ2v) is 4.97. The molecule has 1 aromatic carbocycles. The summed E-state index contributed by atoms with van der Waals surface area (Å²) in [6.07, 6.45) is 0. The molecular formula is C13H10N2O2S. The molecule has 0 bridgehead atoms. The van der Waals surface area contributed by atoms with Crippen LogP contribution in [-0.2, 0) is 6.54 Å². The normalized spacial score (nSPS) is 12.2. The number of anilines is 1. The molecule has 90 valence electrons. The number of benzene rings is 1. The van der Waals surface area contributed by atoms with Gasteiger partial charge in [0.15, 0.2) is 11.5 Å². The Kier molecular flexibility index (Phi) is 2.79. The molecule has 0 saturated heterocycles. The van der Waals surface area contributed by atoms with E-state index >= 15 is 0 Å². The van der Waals surface area contributed by atoms with Crippen LogP contribution in [0.5, 0.6) is 11.5 Å². The van der Waals surface area contributed by atoms with Crippen molar-refractivity contribution in [2.45, 2.75) is 6.54 Å². The molecule has 2 heterocycles. The van der Waals surface area contributed by atoms with Crippen molar-refractivity contribution in [3.8, 4) is 17.6 Å². The summed E-state index contributed by atoms with van der Waals surface area (Å²) >= 11 is 1.50. The van der Waals surface area contributed by atoms with Crippen molar-refractivity contribution >= 4 is 17.0 Å². The Morgan fingerprint density at radius 3 is 2.94 bits per heavy atom. The summed E-state index contributed by atoms with van der Waals surface area (Å²) in [6, 6.07) is 11.7. The lowest BCUT2D eigenvalue weighted by atomic mass is 10.2. The summed E-state index contributed by atoms with van der Waals surface area (Å²) in [5.74, 6) is 1.55. The van der Waals surface area contributed by atoms with E-state index in [4.69, 9.17) is 14.7 Å². The lowest BCUT2D eigenvalue weighted by molar-refractivity contribution is 0.174. The Morgan fingerprint density at radius 2 is 2.11 bits per heavy atom. The maximum Gasteiger partial charge on any atom is 0.231 e. The third-order valence-corrected chi connectivity index (χ3v) is 3.60. The summed E-state index contributed by atoms with van der Waals surface area (Å²) in [4.78, 5) is 1.86. The molecule has 5 heteroatoms. The number of rotatable bonds is 3. The number of thiophene rings is 1. The van der Waals surface area contributed by atoms with E-state index < -0.39 is 0 Å². The quantitative estimate of drug-likeness (QED) is 0.919. The topological polar surface area (TPSA) is 54.3 Å². The zero-order valence-electron chi connectivity index (χ0n) is 9.47. The van der Waals surface area contributed by atoms with Crippen LogP contribution in [0.3, 0.4) is 0 Å². The molecule has 0 radical (unpaired) electrons. The monoisotopic (exact) mass is 258 g/mol. The number of hydrogen-bond donors (Lipinski definition) is 1. The largest absolute Gasteiger partial charge is 0.454 e. The highest BCUT2D eigenvalue weighted by Gasteiger charge is 2.12. The fourth-order valence-corrected chi connectivity index (χ4v) is 2.47. The van der Waals surface area contributed by atoms with E-state index in [-0.39, 0.29) is 6.79 Å². The van der Waals surface area contributed by atoms with Gasteiger partial charge in [0.2, 0.25) is 6.79 Å². The van der Waals surface area contributed by atoms with Gasteiger partial charge < -0.3 is 14.8 Å². The van der Waals surface area contributed by atoms with Crippen molar-refractivity contribution in [2.24, 2.45) is 0 Å². The molecule has 1 aliphatic heterocycles. The van der Waals surface area contributed by atoms with E-state index in [1.807, 2.05) is 30.3 Å². The van der Waals surface area contributed by atoms with Crippen molar-refractivity contribution in [1.82, 2.24) is 0 Å². The third-order valence-electron chi connectivity index (χ3n) is 2.61. The van der Waals surface area contributed by atoms with Crippen LogP contribution in [0.1, 0.15) is 9.75 Å². The van der Waals surface area contributed by atoms with Crippen molar-refractivity contribution < 1.29 is 9.47 Å². The Morgan fingerprint density at radius 1 is 1.22 bits per heavy atom. The zero-order valence-corrected chi connectivity index (χ0v) is 10.3. The van der Waals surface area contributed by atoms with E-state index in [1.165, 1.54) is 11.3 Å². The molecule has 3 rings (SSSR count). The standard InChI is InChI=1S/C13H10N2O2S/c14-6-10-2-3-11(18-10)7-15-9-1-4-12-13(5-9)17-8-16-12/h1-5,15H,7-8H2. The number of fused-ring (bicyclic) bond motifs is 1. The summed E-state index contributed by atoms with van der Waals surface area (Å²) in [6.45, 7) is 0.987. The molecule has 1 aromatic heterocycles. The Bertz CT molecular complexity index is 616. The highest BCUT2D eigenvalue weighted by atomic mass is 32.1. The van der Waals surface area contributed by atoms with E-state index in [0.717, 1.165) is 26.9 Å². The van der Waals surface area contributed by atoms with Gasteiger partial charge in [0.05, 0.1) is 0 Å². The molecule has 0 fully saturated rings. The third kappa shape index (κ3) is 2.11. The van der Waals surface area contributed by atoms with Crippen LogP contribution in [0.25, 0.3) is 0 Å². The predicted molar refractivity (Wildman–Crippen MR) is 68.9 cm³/mol. The highest BCUT2D eigenvalue weighted by Crippen LogP contribution is 2.34. The molecule has 0 saturated carbocycles. The molecule has 0 aliphatic carbocycles. The first-order valence-electron chi connectivity index (χ1n) is 5.47. The van der Waals surface area contributed by atoms with E-state index in [2.05, 4.69) is 11.4 Å². The minimum Gasteiger partial charge on any atom is -0.454 e. The molecule has 4 nitrogen and oxygen atoms in total. The molecular weight excluding hydrogens is 248 g/mol. The van der Waals surface area contributed by atoms with Gasteiger partial charge in [-0.2, -0.15) is 5.26 Å². The number of ether oxygens (including phenoxy) is 2. The molecule has 18 heavy (non-hydrogen) atoms. The van der Waals surface area contributed by atoms with Crippen molar-refractivity contribution in [2.75, 3.05) is 12.1 Å². The van der Waals surface area contributed by atoms with Crippen molar-refractivity contribution in [1.29, 1.82) is 5.26 Å². The molecule has 0 unspecified atom stereocenters. The van der Waals surface area contributed by atoms with Gasteiger partial charge in [0.1, 0.15) is 10.9 Å². The van der Waals surface area contributed by atoms with Gasteiger partial charge >= 0.3 is 0 Å². The van der Waals surface area contributed by atoms with Crippen LogP contribution >= 0.6 is 11.3 Å². The first kappa shape index (κ1) is 10.9. The van der Waals surface area contributed by atoms with Crippen molar-refractivity contribution in [3.63, 3.8) is 0 Å². The van der Waals surface area contributed by atoms with Crippen LogP contribution < -0.4 is 14.8 Å². The Labute approximate surface area is 108 Å². The fourth-order valence-electron chi connectivity index (χ4n) is 1.73. The SMILES string of the molecule is N#Cc1ccc(CNc2ccc3c(c2)OCO3)s1. The first-order chi connectivity index (χ1) is 8.85. The molecule has 1 N–H and O–H groups in total. The second kappa shape index (κ2) is 4.59. The summed E-state index contributed by atoms with van der Waals surface area (Å²) in [7, 11) is 0. The van der Waals surface area contributed by atoms with E-state index in [9.17, 15) is 0 Å². The van der Waals surface area contributed by atoms with Gasteiger partial charge in [-0.25, -0.2) is 0 Å². The van der Waals surface area contributed by atoms with Crippen molar-refractivity contribution in [3.05, 3.63) is 40.1 Å². The minimum absolute atomic E-state index is 0.287. The average molecular weight is 258 g/mol. The molecule has 0 spiro atoms. The Balaban J connectivity index is 1.68. The molecule has 2 aromatic rings. The zero-order chi connectivity index (χ0) is 12.4. The van der Waals surface area contributed by atoms with Gasteiger partial charge in [0, 0.05) is 23.2 Å². The number of hydrogen-bond acceptors (Lipinski definition) is 5. The Hall–Kier alpha value is -2.19. The van der Waals surface area contributed by atoms with Crippen LogP contribution in [0.15, 0.2) is 30.3 Å². The lowest BCUT2D eigenvalue weighted by Gasteiger charge is -2.05. The fraction of sp³-hybridized carbons (Fsp3) is 0.154. The summed E-state index contributed by atoms with van der Waals surface area (Å²) in [5.41, 5.74) is 0.978. The molecule has 0 atom stereocenters. The van der Waals surface area contributed by atoms with Crippen LogP contribution in [0, 0.1) is 11.3 Å². The maximum atomic E-state index is 8.75. The number of nitrogens with zero attached hydrogens (tertiary/aromatic N) is 1. The predicted octanol–water partition coefficient (Wildman–Crippen LogP) is 2.96. The van der Waals surface area contributed by atoms with Gasteiger partial charge in [-0.3, -0.25) is 0 Å². The maximum absolute atomic E-state index is 8.75. The molecule has 1 aliphatic rings. The number of nitrogens with one attached hydrogen (secondary N) is 1. The smallest absolute Gasteiger partial charge is 0.231 e. The van der Waals surface area contributed by atoms with Gasteiger partial charge in [-0.15, -0.1) is 11.3 Å². The van der Waals surface area contributed by atoms with Gasteiger partial charge in [-0.1, -0.05) is 0 Å². The van der Waals surface area contributed by atoms with Crippen LogP contribution in [0.4, 0.5) is 5.69 Å². The average Bonchev–Trinajstić information content (AvgIpc) is 3.04. The van der Waals surface area contributed by atoms with Crippen LogP contribution in [0.2, 0.25) is 0 Å². The lowest BCUT2D eigenvalue weighted by Crippen LogP contribution is -1.96. The van der Waals surface area contributed by atoms with E-state index in [1.54, 1.807) is 0 Å². The first-order valence-corrected chi connectivity index (χ1v) is 6.29. The van der Waals surface area contributed by atoms with Gasteiger partial charge in [-0.05, 0) is 24.3 Å². The number of nitriles is 1. The minimum atomic E-state index is 0.287. The summed E-state index contributed by atoms with van der Waals surface area (Å²) in [5, 5.41) is 12.0.